The normalized spacial score (nSPS) is 11.1. The first kappa shape index (κ1) is 20.8. The average molecular weight is 435 g/mol. The number of fused-ring (bicyclic) bond motifs is 1. The smallest absolute Gasteiger partial charge is 0.251 e. The number of anilines is 2. The van der Waals surface area contributed by atoms with Gasteiger partial charge in [0.25, 0.3) is 5.91 Å². The van der Waals surface area contributed by atoms with Crippen LogP contribution in [-0.2, 0) is 0 Å². The fourth-order valence-corrected chi connectivity index (χ4v) is 3.36. The van der Waals surface area contributed by atoms with E-state index in [1.807, 2.05) is 73.7 Å². The number of halogens is 1. The van der Waals surface area contributed by atoms with Crippen molar-refractivity contribution in [3.8, 4) is 11.1 Å². The first-order chi connectivity index (χ1) is 15.0. The molecule has 31 heavy (non-hydrogen) atoms. The summed E-state index contributed by atoms with van der Waals surface area (Å²) in [5.74, 6) is 0.378. The number of nitrogens with zero attached hydrogens (tertiary/aromatic N) is 4. The van der Waals surface area contributed by atoms with E-state index in [9.17, 15) is 4.79 Å². The van der Waals surface area contributed by atoms with Crippen LogP contribution in [-0.4, -0.2) is 52.6 Å². The van der Waals surface area contributed by atoms with Crippen LogP contribution in [0.4, 0.5) is 11.6 Å². The third kappa shape index (κ3) is 5.02. The Kier molecular flexibility index (Phi) is 6.16. The summed E-state index contributed by atoms with van der Waals surface area (Å²) in [5, 5.41) is 11.3. The third-order valence-electron chi connectivity index (χ3n) is 4.75. The predicted octanol–water partition coefficient (Wildman–Crippen LogP) is 4.08. The molecule has 158 valence electrons. The molecule has 0 aliphatic heterocycles. The number of amides is 1. The lowest BCUT2D eigenvalue weighted by atomic mass is 10.1. The minimum absolute atomic E-state index is 0.0922. The van der Waals surface area contributed by atoms with Gasteiger partial charge in [-0.1, -0.05) is 23.7 Å². The van der Waals surface area contributed by atoms with Gasteiger partial charge in [-0.25, -0.2) is 4.52 Å². The molecular formula is C23H23ClN6O. The van der Waals surface area contributed by atoms with Gasteiger partial charge >= 0.3 is 0 Å². The minimum atomic E-state index is -0.0922. The molecule has 0 saturated heterocycles. The molecule has 2 N–H and O–H groups in total. The SMILES string of the molecule is CN(C)CCNC(=O)c1ccc(Nc2nc3c(-c4cccc(Cl)c4)cccn3n2)cc1. The number of aromatic nitrogens is 3. The van der Waals surface area contributed by atoms with Gasteiger partial charge in [0, 0.05) is 41.1 Å². The molecule has 2 aromatic heterocycles. The van der Waals surface area contributed by atoms with Crippen LogP contribution in [0.1, 0.15) is 10.4 Å². The first-order valence-electron chi connectivity index (χ1n) is 9.91. The molecule has 8 heteroatoms. The summed E-state index contributed by atoms with van der Waals surface area (Å²) in [7, 11) is 3.94. The van der Waals surface area contributed by atoms with Gasteiger partial charge in [-0.2, -0.15) is 4.98 Å². The molecule has 4 rings (SSSR count). The Morgan fingerprint density at radius 2 is 1.90 bits per heavy atom. The van der Waals surface area contributed by atoms with Crippen LogP contribution < -0.4 is 10.6 Å². The highest BCUT2D eigenvalue weighted by Crippen LogP contribution is 2.27. The highest BCUT2D eigenvalue weighted by molar-refractivity contribution is 6.30. The van der Waals surface area contributed by atoms with Crippen LogP contribution in [0.5, 0.6) is 0 Å². The average Bonchev–Trinajstić information content (AvgIpc) is 3.16. The summed E-state index contributed by atoms with van der Waals surface area (Å²) in [6.45, 7) is 1.40. The second-order valence-electron chi connectivity index (χ2n) is 7.40. The molecule has 0 spiro atoms. The van der Waals surface area contributed by atoms with Crippen LogP contribution in [0.25, 0.3) is 16.8 Å². The summed E-state index contributed by atoms with van der Waals surface area (Å²) in [4.78, 5) is 18.9. The Hall–Kier alpha value is -3.42. The van der Waals surface area contributed by atoms with Crippen molar-refractivity contribution in [1.82, 2.24) is 24.8 Å². The van der Waals surface area contributed by atoms with Crippen molar-refractivity contribution in [3.05, 3.63) is 77.4 Å². The molecule has 0 saturated carbocycles. The minimum Gasteiger partial charge on any atom is -0.351 e. The van der Waals surface area contributed by atoms with E-state index in [-0.39, 0.29) is 5.91 Å². The monoisotopic (exact) mass is 434 g/mol. The number of carbonyl (C=O) groups is 1. The zero-order chi connectivity index (χ0) is 21.8. The maximum atomic E-state index is 12.2. The second-order valence-corrected chi connectivity index (χ2v) is 7.83. The molecule has 2 aromatic carbocycles. The summed E-state index contributed by atoms with van der Waals surface area (Å²) in [5.41, 5.74) is 4.04. The Balaban J connectivity index is 1.50. The number of rotatable bonds is 7. The highest BCUT2D eigenvalue weighted by Gasteiger charge is 2.11. The van der Waals surface area contributed by atoms with Gasteiger partial charge in [-0.05, 0) is 68.2 Å². The molecule has 0 radical (unpaired) electrons. The first-order valence-corrected chi connectivity index (χ1v) is 10.3. The number of nitrogens with one attached hydrogen (secondary N) is 2. The molecule has 0 unspecified atom stereocenters. The number of benzene rings is 2. The van der Waals surface area contributed by atoms with Gasteiger partial charge in [0.2, 0.25) is 5.95 Å². The summed E-state index contributed by atoms with van der Waals surface area (Å²) >= 11 is 6.15. The van der Waals surface area contributed by atoms with E-state index in [0.29, 0.717) is 23.1 Å². The molecule has 0 fully saturated rings. The van der Waals surface area contributed by atoms with Gasteiger partial charge in [0.1, 0.15) is 0 Å². The van der Waals surface area contributed by atoms with E-state index in [2.05, 4.69) is 20.7 Å². The fraction of sp³-hybridized carbons (Fsp3) is 0.174. The lowest BCUT2D eigenvalue weighted by Crippen LogP contribution is -2.31. The fourth-order valence-electron chi connectivity index (χ4n) is 3.17. The standard InChI is InChI=1S/C23H23ClN6O/c1-29(2)14-12-25-22(31)16-8-10-19(11-9-16)26-23-27-21-20(7-4-13-30(21)28-23)17-5-3-6-18(24)15-17/h3-11,13,15H,12,14H2,1-2H3,(H,25,31)(H,26,28). The van der Waals surface area contributed by atoms with E-state index in [1.54, 1.807) is 16.6 Å². The molecule has 0 aliphatic carbocycles. The number of carbonyl (C=O) groups excluding carboxylic acids is 1. The van der Waals surface area contributed by atoms with Crippen LogP contribution >= 0.6 is 11.6 Å². The summed E-state index contributed by atoms with van der Waals surface area (Å²) in [6.07, 6.45) is 1.85. The maximum Gasteiger partial charge on any atom is 0.251 e. The van der Waals surface area contributed by atoms with E-state index < -0.39 is 0 Å². The Morgan fingerprint density at radius 1 is 1.10 bits per heavy atom. The highest BCUT2D eigenvalue weighted by atomic mass is 35.5. The molecule has 7 nitrogen and oxygen atoms in total. The zero-order valence-electron chi connectivity index (χ0n) is 17.3. The molecule has 4 aromatic rings. The summed E-state index contributed by atoms with van der Waals surface area (Å²) < 4.78 is 1.73. The Labute approximate surface area is 185 Å². The van der Waals surface area contributed by atoms with Gasteiger partial charge in [0.05, 0.1) is 0 Å². The Bertz CT molecular complexity index is 1200. The van der Waals surface area contributed by atoms with Crippen molar-refractivity contribution >= 4 is 34.8 Å². The van der Waals surface area contributed by atoms with E-state index in [0.717, 1.165) is 29.0 Å². The zero-order valence-corrected chi connectivity index (χ0v) is 18.1. The number of likely N-dealkylation sites (N-methyl/N-ethyl adjacent to an activating group) is 1. The third-order valence-corrected chi connectivity index (χ3v) is 4.98. The second kappa shape index (κ2) is 9.16. The van der Waals surface area contributed by atoms with Crippen LogP contribution in [0.15, 0.2) is 66.9 Å². The Morgan fingerprint density at radius 3 is 2.65 bits per heavy atom. The molecular weight excluding hydrogens is 412 g/mol. The molecule has 2 heterocycles. The van der Waals surface area contributed by atoms with Gasteiger partial charge in [-0.15, -0.1) is 5.10 Å². The van der Waals surface area contributed by atoms with Crippen molar-refractivity contribution in [1.29, 1.82) is 0 Å². The number of hydrogen-bond donors (Lipinski definition) is 2. The molecule has 0 atom stereocenters. The van der Waals surface area contributed by atoms with Crippen molar-refractivity contribution in [2.24, 2.45) is 0 Å². The van der Waals surface area contributed by atoms with Crippen molar-refractivity contribution < 1.29 is 4.79 Å². The lowest BCUT2D eigenvalue weighted by Gasteiger charge is -2.10. The predicted molar refractivity (Wildman–Crippen MR) is 124 cm³/mol. The molecule has 0 bridgehead atoms. The van der Waals surface area contributed by atoms with Crippen molar-refractivity contribution in [2.45, 2.75) is 0 Å². The van der Waals surface area contributed by atoms with E-state index in [1.165, 1.54) is 0 Å². The van der Waals surface area contributed by atoms with E-state index >= 15 is 0 Å². The largest absolute Gasteiger partial charge is 0.351 e. The van der Waals surface area contributed by atoms with Crippen LogP contribution in [0, 0.1) is 0 Å². The van der Waals surface area contributed by atoms with E-state index in [4.69, 9.17) is 11.6 Å². The van der Waals surface area contributed by atoms with Crippen LogP contribution in [0.3, 0.4) is 0 Å². The molecule has 1 amide bonds. The van der Waals surface area contributed by atoms with Crippen LogP contribution in [0.2, 0.25) is 5.02 Å². The van der Waals surface area contributed by atoms with Gasteiger partial charge < -0.3 is 15.5 Å². The summed E-state index contributed by atoms with van der Waals surface area (Å²) in [6, 6.07) is 18.8. The van der Waals surface area contributed by atoms with Crippen molar-refractivity contribution in [2.75, 3.05) is 32.5 Å². The van der Waals surface area contributed by atoms with Gasteiger partial charge in [-0.3, -0.25) is 4.79 Å². The number of pyridine rings is 1. The maximum absolute atomic E-state index is 12.2. The number of hydrogen-bond acceptors (Lipinski definition) is 5. The lowest BCUT2D eigenvalue weighted by molar-refractivity contribution is 0.0951. The molecule has 0 aliphatic rings. The topological polar surface area (TPSA) is 74.6 Å². The van der Waals surface area contributed by atoms with Crippen molar-refractivity contribution in [3.63, 3.8) is 0 Å². The van der Waals surface area contributed by atoms with Gasteiger partial charge in [0.15, 0.2) is 5.65 Å². The quantitative estimate of drug-likeness (QED) is 0.458.